The van der Waals surface area contributed by atoms with Crippen LogP contribution in [-0.2, 0) is 9.53 Å². The summed E-state index contributed by atoms with van der Waals surface area (Å²) >= 11 is 2.29. The predicted molar refractivity (Wildman–Crippen MR) is 112 cm³/mol. The molecule has 0 N–H and O–H groups in total. The summed E-state index contributed by atoms with van der Waals surface area (Å²) in [5.74, 6) is 0.644. The quantitative estimate of drug-likeness (QED) is 0.105. The molecule has 0 aliphatic heterocycles. The zero-order valence-corrected chi connectivity index (χ0v) is 18.0. The minimum absolute atomic E-state index is 0.0179. The molecule has 142 valence electrons. The van der Waals surface area contributed by atoms with E-state index in [1.807, 2.05) is 0 Å². The molecule has 0 heterocycles. The number of alkyl halides is 1. The van der Waals surface area contributed by atoms with Gasteiger partial charge in [-0.25, -0.2) is 0 Å². The minimum atomic E-state index is 0.0179. The van der Waals surface area contributed by atoms with Crippen molar-refractivity contribution in [2.75, 3.05) is 0 Å². The highest BCUT2D eigenvalue weighted by Crippen LogP contribution is 2.34. The zero-order valence-electron chi connectivity index (χ0n) is 15.9. The standard InChI is InChI=1S/C21H39IO2/c1-2-3-4-5-6-7-8-9-10-11-12-13-14-18-20(23)24-21(22)19-16-15-17-19/h19,21H,2-18H2,1H3. The van der Waals surface area contributed by atoms with Gasteiger partial charge in [-0.2, -0.15) is 0 Å². The maximum absolute atomic E-state index is 11.8. The Hall–Kier alpha value is 0.200. The van der Waals surface area contributed by atoms with E-state index < -0.39 is 0 Å². The van der Waals surface area contributed by atoms with E-state index in [1.54, 1.807) is 0 Å². The first-order valence-electron chi connectivity index (χ1n) is 10.6. The molecule has 2 nitrogen and oxygen atoms in total. The highest BCUT2D eigenvalue weighted by molar-refractivity contribution is 14.1. The van der Waals surface area contributed by atoms with Crippen molar-refractivity contribution in [3.63, 3.8) is 0 Å². The van der Waals surface area contributed by atoms with Crippen molar-refractivity contribution >= 4 is 28.6 Å². The van der Waals surface area contributed by atoms with E-state index >= 15 is 0 Å². The number of carbonyl (C=O) groups is 1. The molecule has 0 radical (unpaired) electrons. The lowest BCUT2D eigenvalue weighted by Gasteiger charge is -2.29. The van der Waals surface area contributed by atoms with Crippen LogP contribution in [0.4, 0.5) is 0 Å². The van der Waals surface area contributed by atoms with Crippen molar-refractivity contribution in [2.24, 2.45) is 5.92 Å². The van der Waals surface area contributed by atoms with E-state index in [4.69, 9.17) is 4.74 Å². The predicted octanol–water partition coefficient (Wildman–Crippen LogP) is 7.57. The molecule has 1 aliphatic rings. The van der Waals surface area contributed by atoms with Gasteiger partial charge in [0.1, 0.15) is 0 Å². The molecule has 0 spiro atoms. The van der Waals surface area contributed by atoms with E-state index in [1.165, 1.54) is 96.3 Å². The Balaban J connectivity index is 1.76. The lowest BCUT2D eigenvalue weighted by Crippen LogP contribution is -2.26. The van der Waals surface area contributed by atoms with Gasteiger partial charge in [0.15, 0.2) is 4.11 Å². The first-order valence-corrected chi connectivity index (χ1v) is 11.8. The maximum Gasteiger partial charge on any atom is 0.306 e. The Morgan fingerprint density at radius 2 is 1.33 bits per heavy atom. The maximum atomic E-state index is 11.8. The summed E-state index contributed by atoms with van der Waals surface area (Å²) in [5, 5.41) is 0. The molecular weight excluding hydrogens is 411 g/mol. The highest BCUT2D eigenvalue weighted by Gasteiger charge is 2.27. The topological polar surface area (TPSA) is 26.3 Å². The van der Waals surface area contributed by atoms with Gasteiger partial charge in [0.05, 0.1) is 0 Å². The third-order valence-electron chi connectivity index (χ3n) is 5.25. The van der Waals surface area contributed by atoms with Crippen LogP contribution in [0, 0.1) is 5.92 Å². The van der Waals surface area contributed by atoms with Crippen molar-refractivity contribution in [2.45, 2.75) is 120 Å². The summed E-state index contributed by atoms with van der Waals surface area (Å²) in [5.41, 5.74) is 0. The normalized spacial score (nSPS) is 15.9. The Morgan fingerprint density at radius 1 is 0.875 bits per heavy atom. The fourth-order valence-corrected chi connectivity index (χ4v) is 4.27. The molecule has 1 rings (SSSR count). The lowest BCUT2D eigenvalue weighted by molar-refractivity contribution is -0.147. The number of hydrogen-bond acceptors (Lipinski definition) is 2. The number of esters is 1. The summed E-state index contributed by atoms with van der Waals surface area (Å²) in [7, 11) is 0. The first kappa shape index (κ1) is 22.2. The molecule has 1 fully saturated rings. The van der Waals surface area contributed by atoms with Gasteiger partial charge in [-0.15, -0.1) is 0 Å². The molecule has 0 bridgehead atoms. The number of hydrogen-bond donors (Lipinski definition) is 0. The Bertz CT molecular complexity index is 302. The summed E-state index contributed by atoms with van der Waals surface area (Å²) in [6.45, 7) is 2.28. The summed E-state index contributed by atoms with van der Waals surface area (Å²) in [6, 6.07) is 0. The molecule has 1 unspecified atom stereocenters. The van der Waals surface area contributed by atoms with Crippen LogP contribution in [0.3, 0.4) is 0 Å². The lowest BCUT2D eigenvalue weighted by atomic mass is 9.86. The van der Waals surface area contributed by atoms with Gasteiger partial charge >= 0.3 is 5.97 Å². The average Bonchev–Trinajstić information content (AvgIpc) is 2.50. The second-order valence-electron chi connectivity index (χ2n) is 7.52. The molecule has 1 aliphatic carbocycles. The monoisotopic (exact) mass is 450 g/mol. The summed E-state index contributed by atoms with van der Waals surface area (Å²) in [4.78, 5) is 11.8. The van der Waals surface area contributed by atoms with Crippen LogP contribution in [0.2, 0.25) is 0 Å². The third-order valence-corrected chi connectivity index (χ3v) is 6.52. The van der Waals surface area contributed by atoms with Crippen LogP contribution >= 0.6 is 22.6 Å². The minimum Gasteiger partial charge on any atom is -0.451 e. The molecule has 24 heavy (non-hydrogen) atoms. The van der Waals surface area contributed by atoms with Crippen LogP contribution in [0.1, 0.15) is 116 Å². The second kappa shape index (κ2) is 15.5. The van der Waals surface area contributed by atoms with E-state index in [-0.39, 0.29) is 10.1 Å². The molecule has 3 heteroatoms. The first-order chi connectivity index (χ1) is 11.7. The Kier molecular flexibility index (Phi) is 14.3. The molecule has 0 aromatic heterocycles. The molecule has 0 aromatic carbocycles. The van der Waals surface area contributed by atoms with E-state index in [0.29, 0.717) is 12.3 Å². The molecule has 0 saturated heterocycles. The number of rotatable bonds is 16. The smallest absolute Gasteiger partial charge is 0.306 e. The molecule has 1 atom stereocenters. The van der Waals surface area contributed by atoms with Crippen LogP contribution in [-0.4, -0.2) is 10.1 Å². The number of ether oxygens (including phenoxy) is 1. The van der Waals surface area contributed by atoms with Crippen molar-refractivity contribution in [1.82, 2.24) is 0 Å². The van der Waals surface area contributed by atoms with E-state index in [9.17, 15) is 4.79 Å². The van der Waals surface area contributed by atoms with Crippen molar-refractivity contribution in [3.05, 3.63) is 0 Å². The summed E-state index contributed by atoms with van der Waals surface area (Å²) in [6.07, 6.45) is 21.8. The van der Waals surface area contributed by atoms with Crippen LogP contribution < -0.4 is 0 Å². The fourth-order valence-electron chi connectivity index (χ4n) is 3.27. The average molecular weight is 450 g/mol. The molecule has 0 amide bonds. The van der Waals surface area contributed by atoms with Gasteiger partial charge < -0.3 is 4.74 Å². The van der Waals surface area contributed by atoms with Crippen LogP contribution in [0.5, 0.6) is 0 Å². The zero-order chi connectivity index (χ0) is 17.5. The van der Waals surface area contributed by atoms with Crippen LogP contribution in [0.15, 0.2) is 0 Å². The Labute approximate surface area is 164 Å². The van der Waals surface area contributed by atoms with Crippen LogP contribution in [0.25, 0.3) is 0 Å². The van der Waals surface area contributed by atoms with Gasteiger partial charge in [0.25, 0.3) is 0 Å². The second-order valence-corrected chi connectivity index (χ2v) is 8.75. The fraction of sp³-hybridized carbons (Fsp3) is 0.952. The van der Waals surface area contributed by atoms with Gasteiger partial charge in [-0.3, -0.25) is 4.79 Å². The van der Waals surface area contributed by atoms with Gasteiger partial charge in [0.2, 0.25) is 0 Å². The molecule has 1 saturated carbocycles. The van der Waals surface area contributed by atoms with Gasteiger partial charge in [0, 0.05) is 12.3 Å². The Morgan fingerprint density at radius 3 is 1.75 bits per heavy atom. The number of unbranched alkanes of at least 4 members (excludes halogenated alkanes) is 12. The molecule has 0 aromatic rings. The third kappa shape index (κ3) is 11.7. The number of halogens is 1. The number of carbonyl (C=O) groups excluding carboxylic acids is 1. The van der Waals surface area contributed by atoms with Crippen molar-refractivity contribution in [3.8, 4) is 0 Å². The molecular formula is C21H39IO2. The summed E-state index contributed by atoms with van der Waals surface area (Å²) < 4.78 is 5.63. The highest BCUT2D eigenvalue weighted by atomic mass is 127. The largest absolute Gasteiger partial charge is 0.451 e. The van der Waals surface area contributed by atoms with Crippen molar-refractivity contribution in [1.29, 1.82) is 0 Å². The SMILES string of the molecule is CCCCCCCCCCCCCCCC(=O)OC(I)C1CCC1. The van der Waals surface area contributed by atoms with Crippen molar-refractivity contribution < 1.29 is 9.53 Å². The van der Waals surface area contributed by atoms with E-state index in [0.717, 1.165) is 6.42 Å². The van der Waals surface area contributed by atoms with Gasteiger partial charge in [-0.1, -0.05) is 90.4 Å². The van der Waals surface area contributed by atoms with E-state index in [2.05, 4.69) is 29.5 Å². The van der Waals surface area contributed by atoms with Gasteiger partial charge in [-0.05, 0) is 41.9 Å².